The molecule has 0 aliphatic carbocycles. The lowest BCUT2D eigenvalue weighted by Gasteiger charge is -2.38. The molecule has 1 atom stereocenters. The number of amides is 3. The fourth-order valence-corrected chi connectivity index (χ4v) is 3.01. The molecule has 2 fully saturated rings. The van der Waals surface area contributed by atoms with Gasteiger partial charge in [0, 0.05) is 32.7 Å². The molecular formula is C16H29N3O3. The summed E-state index contributed by atoms with van der Waals surface area (Å²) in [6.07, 6.45) is 4.90. The Morgan fingerprint density at radius 1 is 1.14 bits per heavy atom. The largest absolute Gasteiger partial charge is 0.447 e. The number of ether oxygens (including phenoxy) is 1. The minimum atomic E-state index is -0.229. The minimum absolute atomic E-state index is 0.00834. The van der Waals surface area contributed by atoms with Crippen molar-refractivity contribution in [3.05, 3.63) is 0 Å². The summed E-state index contributed by atoms with van der Waals surface area (Å²) in [5, 5.41) is 0. The highest BCUT2D eigenvalue weighted by Gasteiger charge is 2.31. The highest BCUT2D eigenvalue weighted by Crippen LogP contribution is 2.20. The SMILES string of the molecule is CC(C)N(C)C(=O)N1CCCCC1COC(=O)N1CCCC1. The molecule has 22 heavy (non-hydrogen) atoms. The van der Waals surface area contributed by atoms with E-state index in [1.54, 1.807) is 9.80 Å². The highest BCUT2D eigenvalue weighted by atomic mass is 16.6. The summed E-state index contributed by atoms with van der Waals surface area (Å²) < 4.78 is 5.46. The number of rotatable bonds is 3. The van der Waals surface area contributed by atoms with Gasteiger partial charge in [-0.3, -0.25) is 0 Å². The van der Waals surface area contributed by atoms with Gasteiger partial charge in [0.15, 0.2) is 0 Å². The monoisotopic (exact) mass is 311 g/mol. The van der Waals surface area contributed by atoms with Crippen LogP contribution in [0, 0.1) is 0 Å². The summed E-state index contributed by atoms with van der Waals surface area (Å²) in [4.78, 5) is 29.9. The maximum atomic E-state index is 12.6. The first-order valence-corrected chi connectivity index (χ1v) is 8.46. The molecule has 0 N–H and O–H groups in total. The standard InChI is InChI=1S/C16H29N3O3/c1-13(2)17(3)15(20)19-11-5-4-8-14(19)12-22-16(21)18-9-6-7-10-18/h13-14H,4-12H2,1-3H3. The lowest BCUT2D eigenvalue weighted by Crippen LogP contribution is -2.52. The van der Waals surface area contributed by atoms with Gasteiger partial charge in [-0.1, -0.05) is 0 Å². The first-order chi connectivity index (χ1) is 10.5. The number of urea groups is 1. The molecule has 2 saturated heterocycles. The summed E-state index contributed by atoms with van der Waals surface area (Å²) in [5.74, 6) is 0. The average molecular weight is 311 g/mol. The lowest BCUT2D eigenvalue weighted by atomic mass is 10.0. The molecule has 6 nitrogen and oxygen atoms in total. The van der Waals surface area contributed by atoms with Gasteiger partial charge < -0.3 is 19.4 Å². The number of likely N-dealkylation sites (tertiary alicyclic amines) is 2. The Bertz CT molecular complexity index is 394. The van der Waals surface area contributed by atoms with E-state index in [-0.39, 0.29) is 24.2 Å². The highest BCUT2D eigenvalue weighted by molar-refractivity contribution is 5.75. The second-order valence-electron chi connectivity index (χ2n) is 6.60. The zero-order valence-electron chi connectivity index (χ0n) is 14.1. The smallest absolute Gasteiger partial charge is 0.409 e. The number of piperidine rings is 1. The van der Waals surface area contributed by atoms with Crippen molar-refractivity contribution in [2.75, 3.05) is 33.3 Å². The van der Waals surface area contributed by atoms with Crippen LogP contribution in [0.5, 0.6) is 0 Å². The van der Waals surface area contributed by atoms with Crippen molar-refractivity contribution in [3.8, 4) is 0 Å². The van der Waals surface area contributed by atoms with E-state index in [0.29, 0.717) is 6.61 Å². The Labute approximate surface area is 133 Å². The molecule has 0 saturated carbocycles. The van der Waals surface area contributed by atoms with E-state index in [4.69, 9.17) is 4.74 Å². The number of carbonyl (C=O) groups excluding carboxylic acids is 2. The predicted molar refractivity (Wildman–Crippen MR) is 84.8 cm³/mol. The first-order valence-electron chi connectivity index (χ1n) is 8.46. The normalized spacial score (nSPS) is 22.1. The number of hydrogen-bond acceptors (Lipinski definition) is 3. The van der Waals surface area contributed by atoms with E-state index in [0.717, 1.165) is 51.7 Å². The quantitative estimate of drug-likeness (QED) is 0.805. The Morgan fingerprint density at radius 2 is 1.77 bits per heavy atom. The third kappa shape index (κ3) is 4.05. The van der Waals surface area contributed by atoms with Crippen molar-refractivity contribution in [1.82, 2.24) is 14.7 Å². The fraction of sp³-hybridized carbons (Fsp3) is 0.875. The zero-order chi connectivity index (χ0) is 16.1. The molecule has 0 aromatic carbocycles. The summed E-state index contributed by atoms with van der Waals surface area (Å²) >= 11 is 0. The third-order valence-corrected chi connectivity index (χ3v) is 4.71. The Hall–Kier alpha value is -1.46. The van der Waals surface area contributed by atoms with Crippen molar-refractivity contribution >= 4 is 12.1 Å². The van der Waals surface area contributed by atoms with E-state index in [1.807, 2.05) is 25.8 Å². The van der Waals surface area contributed by atoms with Crippen LogP contribution in [-0.2, 0) is 4.74 Å². The van der Waals surface area contributed by atoms with Gasteiger partial charge in [-0.25, -0.2) is 9.59 Å². The van der Waals surface area contributed by atoms with Gasteiger partial charge >= 0.3 is 12.1 Å². The van der Waals surface area contributed by atoms with Crippen LogP contribution in [0.25, 0.3) is 0 Å². The molecule has 0 spiro atoms. The maximum Gasteiger partial charge on any atom is 0.409 e. The predicted octanol–water partition coefficient (Wildman–Crippen LogP) is 2.53. The van der Waals surface area contributed by atoms with Crippen molar-refractivity contribution < 1.29 is 14.3 Å². The van der Waals surface area contributed by atoms with Crippen molar-refractivity contribution in [2.45, 2.75) is 58.0 Å². The summed E-state index contributed by atoms with van der Waals surface area (Å²) in [5.41, 5.74) is 0. The van der Waals surface area contributed by atoms with E-state index in [9.17, 15) is 9.59 Å². The van der Waals surface area contributed by atoms with E-state index >= 15 is 0 Å². The van der Waals surface area contributed by atoms with Crippen LogP contribution in [0.2, 0.25) is 0 Å². The molecule has 2 aliphatic rings. The molecule has 2 rings (SSSR count). The molecule has 2 heterocycles. The van der Waals surface area contributed by atoms with Crippen molar-refractivity contribution in [2.24, 2.45) is 0 Å². The zero-order valence-corrected chi connectivity index (χ0v) is 14.1. The number of nitrogens with zero attached hydrogens (tertiary/aromatic N) is 3. The minimum Gasteiger partial charge on any atom is -0.447 e. The number of carbonyl (C=O) groups is 2. The summed E-state index contributed by atoms with van der Waals surface area (Å²) in [6, 6.07) is 0.216. The van der Waals surface area contributed by atoms with E-state index < -0.39 is 0 Å². The van der Waals surface area contributed by atoms with Gasteiger partial charge in [-0.05, 0) is 46.0 Å². The van der Waals surface area contributed by atoms with Gasteiger partial charge in [0.1, 0.15) is 6.61 Å². The Morgan fingerprint density at radius 3 is 2.41 bits per heavy atom. The molecule has 0 bridgehead atoms. The van der Waals surface area contributed by atoms with Crippen LogP contribution in [0.1, 0.15) is 46.0 Å². The third-order valence-electron chi connectivity index (χ3n) is 4.71. The van der Waals surface area contributed by atoms with Gasteiger partial charge in [0.05, 0.1) is 6.04 Å². The van der Waals surface area contributed by atoms with Gasteiger partial charge in [-0.15, -0.1) is 0 Å². The maximum absolute atomic E-state index is 12.6. The average Bonchev–Trinajstić information content (AvgIpc) is 3.05. The molecule has 126 valence electrons. The molecule has 0 aromatic heterocycles. The van der Waals surface area contributed by atoms with Crippen molar-refractivity contribution in [3.63, 3.8) is 0 Å². The Kier molecular flexibility index (Phi) is 5.91. The molecular weight excluding hydrogens is 282 g/mol. The molecule has 1 unspecified atom stereocenters. The van der Waals surface area contributed by atoms with Gasteiger partial charge in [0.2, 0.25) is 0 Å². The van der Waals surface area contributed by atoms with E-state index in [1.165, 1.54) is 0 Å². The number of hydrogen-bond donors (Lipinski definition) is 0. The van der Waals surface area contributed by atoms with Gasteiger partial charge in [-0.2, -0.15) is 0 Å². The molecule has 0 aromatic rings. The fourth-order valence-electron chi connectivity index (χ4n) is 3.01. The summed E-state index contributed by atoms with van der Waals surface area (Å²) in [7, 11) is 1.83. The molecule has 2 aliphatic heterocycles. The second kappa shape index (κ2) is 7.70. The molecule has 0 radical (unpaired) electrons. The van der Waals surface area contributed by atoms with Crippen LogP contribution in [0.15, 0.2) is 0 Å². The topological polar surface area (TPSA) is 53.1 Å². The van der Waals surface area contributed by atoms with Crippen LogP contribution >= 0.6 is 0 Å². The van der Waals surface area contributed by atoms with Crippen LogP contribution in [0.3, 0.4) is 0 Å². The summed E-state index contributed by atoms with van der Waals surface area (Å²) in [6.45, 7) is 6.66. The lowest BCUT2D eigenvalue weighted by molar-refractivity contribution is 0.0559. The molecule has 6 heteroatoms. The van der Waals surface area contributed by atoms with E-state index in [2.05, 4.69) is 0 Å². The van der Waals surface area contributed by atoms with Crippen LogP contribution < -0.4 is 0 Å². The second-order valence-corrected chi connectivity index (χ2v) is 6.60. The molecule has 3 amide bonds. The van der Waals surface area contributed by atoms with Crippen LogP contribution in [0.4, 0.5) is 9.59 Å². The van der Waals surface area contributed by atoms with Crippen LogP contribution in [-0.4, -0.2) is 72.2 Å². The Balaban J connectivity index is 1.89. The first kappa shape index (κ1) is 16.9. The van der Waals surface area contributed by atoms with Gasteiger partial charge in [0.25, 0.3) is 0 Å². The van der Waals surface area contributed by atoms with Crippen molar-refractivity contribution in [1.29, 1.82) is 0 Å².